The van der Waals surface area contributed by atoms with E-state index >= 15 is 0 Å². The van der Waals surface area contributed by atoms with Crippen molar-refractivity contribution in [3.63, 3.8) is 0 Å². The van der Waals surface area contributed by atoms with Crippen LogP contribution in [-0.2, 0) is 5.60 Å². The van der Waals surface area contributed by atoms with E-state index in [1.807, 2.05) is 0 Å². The third-order valence-electron chi connectivity index (χ3n) is 6.55. The lowest BCUT2D eigenvalue weighted by Crippen LogP contribution is -2.41. The molecule has 5 nitrogen and oxygen atoms in total. The monoisotopic (exact) mass is 395 g/mol. The number of halogens is 2. The molecule has 2 bridgehead atoms. The van der Waals surface area contributed by atoms with Gasteiger partial charge in [-0.25, -0.2) is 8.78 Å². The average Bonchev–Trinajstić information content (AvgIpc) is 3.04. The van der Waals surface area contributed by atoms with Crippen LogP contribution < -0.4 is 10.3 Å². The minimum Gasteiger partial charge on any atom is -0.479 e. The molecule has 2 aromatic heterocycles. The number of nitrogens with one attached hydrogen (secondary N) is 1. The number of pyridine rings is 1. The van der Waals surface area contributed by atoms with Gasteiger partial charge in [0.25, 0.3) is 0 Å². The number of benzene rings is 1. The quantitative estimate of drug-likeness (QED) is 0.718. The van der Waals surface area contributed by atoms with Crippen LogP contribution in [0.25, 0.3) is 11.3 Å². The van der Waals surface area contributed by atoms with Crippen LogP contribution in [0.2, 0.25) is 0 Å². The van der Waals surface area contributed by atoms with E-state index < -0.39 is 17.2 Å². The number of rotatable bonds is 3. The van der Waals surface area contributed by atoms with E-state index in [9.17, 15) is 13.6 Å². The molecule has 5 rings (SSSR count). The molecule has 1 fully saturated rings. The van der Waals surface area contributed by atoms with Crippen molar-refractivity contribution < 1.29 is 13.5 Å². The summed E-state index contributed by atoms with van der Waals surface area (Å²) in [5.41, 5.74) is 0.406. The predicted molar refractivity (Wildman–Crippen MR) is 103 cm³/mol. The van der Waals surface area contributed by atoms with Crippen molar-refractivity contribution in [2.45, 2.75) is 38.2 Å². The Hall–Kier alpha value is -3.09. The zero-order valence-electron chi connectivity index (χ0n) is 16.0. The van der Waals surface area contributed by atoms with Crippen LogP contribution in [0, 0.1) is 17.0 Å². The second-order valence-corrected chi connectivity index (χ2v) is 8.26. The van der Waals surface area contributed by atoms with Crippen molar-refractivity contribution >= 4 is 0 Å². The van der Waals surface area contributed by atoms with Crippen molar-refractivity contribution in [3.8, 4) is 17.0 Å². The van der Waals surface area contributed by atoms with Gasteiger partial charge in [0.2, 0.25) is 5.56 Å². The maximum Gasteiger partial charge on any atom is 0.248 e. The Kier molecular flexibility index (Phi) is 3.69. The molecule has 0 aliphatic heterocycles. The Morgan fingerprint density at radius 1 is 1.14 bits per heavy atom. The molecule has 0 amide bonds. The number of H-pyrrole nitrogens is 1. The summed E-state index contributed by atoms with van der Waals surface area (Å²) in [6.45, 7) is 4.22. The van der Waals surface area contributed by atoms with E-state index in [0.29, 0.717) is 11.4 Å². The van der Waals surface area contributed by atoms with E-state index in [1.165, 1.54) is 30.5 Å². The molecule has 2 heterocycles. The van der Waals surface area contributed by atoms with Gasteiger partial charge >= 0.3 is 0 Å². The minimum atomic E-state index is -0.718. The molecule has 2 aliphatic carbocycles. The van der Waals surface area contributed by atoms with Crippen molar-refractivity contribution in [1.82, 2.24) is 15.2 Å². The minimum absolute atomic E-state index is 0.129. The van der Waals surface area contributed by atoms with Crippen molar-refractivity contribution in [1.29, 1.82) is 0 Å². The molecule has 29 heavy (non-hydrogen) atoms. The van der Waals surface area contributed by atoms with Crippen LogP contribution in [0.3, 0.4) is 0 Å². The highest BCUT2D eigenvalue weighted by Gasteiger charge is 2.65. The highest BCUT2D eigenvalue weighted by molar-refractivity contribution is 5.63. The zero-order valence-corrected chi connectivity index (χ0v) is 16.0. The SMILES string of the molecule is CC1(C)[C@H]2CC[C@]1(Oc1ccc(=O)[nH]c1)c1nnc(-c3c(F)cccc3F)cc12. The van der Waals surface area contributed by atoms with E-state index in [4.69, 9.17) is 4.74 Å². The number of fused-ring (bicyclic) bond motifs is 5. The van der Waals surface area contributed by atoms with E-state index in [2.05, 4.69) is 29.0 Å². The molecule has 1 N–H and O–H groups in total. The maximum atomic E-state index is 14.3. The normalized spacial score (nSPS) is 23.8. The highest BCUT2D eigenvalue weighted by atomic mass is 19.1. The van der Waals surface area contributed by atoms with Crippen molar-refractivity contribution in [3.05, 3.63) is 75.8 Å². The topological polar surface area (TPSA) is 67.9 Å². The molecule has 1 saturated carbocycles. The third-order valence-corrected chi connectivity index (χ3v) is 6.55. The summed E-state index contributed by atoms with van der Waals surface area (Å²) in [6.07, 6.45) is 3.15. The van der Waals surface area contributed by atoms with Crippen LogP contribution in [0.5, 0.6) is 5.75 Å². The third kappa shape index (κ3) is 2.39. The number of ether oxygens (including phenoxy) is 1. The molecule has 3 aromatic rings. The smallest absolute Gasteiger partial charge is 0.248 e. The van der Waals surface area contributed by atoms with Crippen LogP contribution >= 0.6 is 0 Å². The number of aromatic nitrogens is 3. The molecule has 0 saturated heterocycles. The lowest BCUT2D eigenvalue weighted by Gasteiger charge is -2.37. The van der Waals surface area contributed by atoms with Gasteiger partial charge in [0, 0.05) is 17.7 Å². The molecule has 1 aromatic carbocycles. The molecular weight excluding hydrogens is 376 g/mol. The number of hydrogen-bond donors (Lipinski definition) is 1. The predicted octanol–water partition coefficient (Wildman–Crippen LogP) is 4.30. The van der Waals surface area contributed by atoms with Crippen molar-refractivity contribution in [2.24, 2.45) is 5.41 Å². The molecule has 148 valence electrons. The van der Waals surface area contributed by atoms with E-state index in [1.54, 1.807) is 12.1 Å². The van der Waals surface area contributed by atoms with Crippen LogP contribution in [0.4, 0.5) is 8.78 Å². The summed E-state index contributed by atoms with van der Waals surface area (Å²) in [4.78, 5) is 14.0. The Morgan fingerprint density at radius 2 is 1.90 bits per heavy atom. The first-order valence-corrected chi connectivity index (χ1v) is 9.54. The number of hydrogen-bond acceptors (Lipinski definition) is 4. The lowest BCUT2D eigenvalue weighted by molar-refractivity contribution is -0.0194. The number of aromatic amines is 1. The van der Waals surface area contributed by atoms with Crippen LogP contribution in [0.1, 0.15) is 43.9 Å². The summed E-state index contributed by atoms with van der Waals surface area (Å²) in [5.74, 6) is -0.664. The summed E-state index contributed by atoms with van der Waals surface area (Å²) in [6, 6.07) is 8.54. The summed E-state index contributed by atoms with van der Waals surface area (Å²) >= 11 is 0. The Balaban J connectivity index is 1.64. The van der Waals surface area contributed by atoms with Gasteiger partial charge in [0.1, 0.15) is 23.1 Å². The number of nitrogens with zero attached hydrogens (tertiary/aromatic N) is 2. The molecule has 2 aliphatic rings. The Morgan fingerprint density at radius 3 is 2.59 bits per heavy atom. The van der Waals surface area contributed by atoms with Gasteiger partial charge in [-0.05, 0) is 48.6 Å². The van der Waals surface area contributed by atoms with Gasteiger partial charge in [0.05, 0.1) is 11.3 Å². The largest absolute Gasteiger partial charge is 0.479 e. The second kappa shape index (κ2) is 5.95. The lowest BCUT2D eigenvalue weighted by atomic mass is 9.77. The van der Waals surface area contributed by atoms with Crippen LogP contribution in [0.15, 0.2) is 47.4 Å². The first kappa shape index (κ1) is 18.0. The fourth-order valence-corrected chi connectivity index (χ4v) is 5.02. The average molecular weight is 395 g/mol. The summed E-state index contributed by atoms with van der Waals surface area (Å²) in [7, 11) is 0. The van der Waals surface area contributed by atoms with Gasteiger partial charge in [-0.2, -0.15) is 5.10 Å². The highest BCUT2D eigenvalue weighted by Crippen LogP contribution is 2.67. The molecule has 0 radical (unpaired) electrons. The fourth-order valence-electron chi connectivity index (χ4n) is 5.02. The molecular formula is C22H19F2N3O2. The second-order valence-electron chi connectivity index (χ2n) is 8.26. The van der Waals surface area contributed by atoms with Gasteiger partial charge in [-0.1, -0.05) is 19.9 Å². The van der Waals surface area contributed by atoms with Crippen molar-refractivity contribution in [2.75, 3.05) is 0 Å². The fraction of sp³-hybridized carbons (Fsp3) is 0.318. The van der Waals surface area contributed by atoms with Gasteiger partial charge in [-0.3, -0.25) is 4.79 Å². The van der Waals surface area contributed by atoms with Gasteiger partial charge in [0.15, 0.2) is 5.60 Å². The van der Waals surface area contributed by atoms with Gasteiger partial charge < -0.3 is 9.72 Å². The van der Waals surface area contributed by atoms with Crippen LogP contribution in [-0.4, -0.2) is 15.2 Å². The summed E-state index contributed by atoms with van der Waals surface area (Å²) in [5, 5.41) is 8.56. The molecule has 2 atom stereocenters. The summed E-state index contributed by atoms with van der Waals surface area (Å²) < 4.78 is 34.9. The Labute approximate surface area is 165 Å². The van der Waals surface area contributed by atoms with E-state index in [-0.39, 0.29) is 28.1 Å². The van der Waals surface area contributed by atoms with Gasteiger partial charge in [-0.15, -0.1) is 5.10 Å². The standard InChI is InChI=1S/C22H19F2N3O2/c1-21(2)14-8-9-22(21,29-12-6-7-18(28)25-11-12)20-13(14)10-17(26-27-20)19-15(23)4-3-5-16(19)24/h3-7,10-11,14H,8-9H2,1-2H3,(H,25,28)/t14-,22-/m0/s1. The zero-order chi connectivity index (χ0) is 20.4. The first-order valence-electron chi connectivity index (χ1n) is 9.54. The maximum absolute atomic E-state index is 14.3. The Bertz CT molecular complexity index is 1150. The van der Waals surface area contributed by atoms with E-state index in [0.717, 1.165) is 18.4 Å². The first-order chi connectivity index (χ1) is 13.8. The molecule has 7 heteroatoms. The molecule has 0 spiro atoms. The molecule has 0 unspecified atom stereocenters.